The second kappa shape index (κ2) is 7.75. The molecule has 0 saturated carbocycles. The van der Waals surface area contributed by atoms with Crippen molar-refractivity contribution in [1.82, 2.24) is 25.4 Å². The molecule has 2 aliphatic heterocycles. The fraction of sp³-hybridized carbons (Fsp3) is 0.526. The van der Waals surface area contributed by atoms with E-state index in [2.05, 4.69) is 30.7 Å². The van der Waals surface area contributed by atoms with Crippen molar-refractivity contribution in [2.75, 3.05) is 31.5 Å². The molecule has 1 aromatic carbocycles. The van der Waals surface area contributed by atoms with E-state index >= 15 is 0 Å². The van der Waals surface area contributed by atoms with Gasteiger partial charge < -0.3 is 15.7 Å². The summed E-state index contributed by atoms with van der Waals surface area (Å²) in [4.78, 5) is 6.88. The number of aromatic nitrogens is 3. The van der Waals surface area contributed by atoms with Gasteiger partial charge in [0.15, 0.2) is 0 Å². The third-order valence-corrected chi connectivity index (χ3v) is 5.50. The number of phenolic OH excluding ortho intramolecular Hbond substituents is 1. The molecule has 3 N–H and O–H groups in total. The van der Waals surface area contributed by atoms with Crippen LogP contribution in [0.15, 0.2) is 18.2 Å². The van der Waals surface area contributed by atoms with Gasteiger partial charge in [0, 0.05) is 37.3 Å². The number of alkyl halides is 3. The van der Waals surface area contributed by atoms with Crippen molar-refractivity contribution in [1.29, 1.82) is 0 Å². The van der Waals surface area contributed by atoms with Crippen LogP contribution in [0.25, 0.3) is 11.3 Å². The largest absolute Gasteiger partial charge is 0.507 e. The molecular formula is C19H23F3N6O. The molecule has 2 aromatic rings. The Hall–Kier alpha value is -2.46. The Balaban J connectivity index is 1.48. The van der Waals surface area contributed by atoms with Crippen LogP contribution in [-0.4, -0.2) is 63.5 Å². The molecule has 2 saturated heterocycles. The minimum absolute atomic E-state index is 0.170. The third-order valence-electron chi connectivity index (χ3n) is 5.50. The van der Waals surface area contributed by atoms with Crippen molar-refractivity contribution in [3.8, 4) is 17.0 Å². The maximum absolute atomic E-state index is 12.8. The Morgan fingerprint density at radius 2 is 2.03 bits per heavy atom. The van der Waals surface area contributed by atoms with Gasteiger partial charge in [-0.15, -0.1) is 10.2 Å². The molecule has 0 bridgehead atoms. The summed E-state index contributed by atoms with van der Waals surface area (Å²) < 4.78 is 38.4. The summed E-state index contributed by atoms with van der Waals surface area (Å²) in [7, 11) is 0. The molecule has 2 fully saturated rings. The van der Waals surface area contributed by atoms with Crippen molar-refractivity contribution in [3.63, 3.8) is 0 Å². The summed E-state index contributed by atoms with van der Waals surface area (Å²) in [5, 5.41) is 24.9. The number of nitrogens with zero attached hydrogens (tertiary/aromatic N) is 4. The summed E-state index contributed by atoms with van der Waals surface area (Å²) >= 11 is 0. The zero-order valence-electron chi connectivity index (χ0n) is 16.0. The molecule has 0 aliphatic carbocycles. The highest BCUT2D eigenvalue weighted by Crippen LogP contribution is 2.36. The monoisotopic (exact) mass is 408 g/mol. The first-order valence-electron chi connectivity index (χ1n) is 9.64. The summed E-state index contributed by atoms with van der Waals surface area (Å²) in [6, 6.07) is 3.60. The second-order valence-electron chi connectivity index (χ2n) is 7.59. The van der Waals surface area contributed by atoms with E-state index in [1.807, 2.05) is 0 Å². The maximum atomic E-state index is 12.8. The predicted octanol–water partition coefficient (Wildman–Crippen LogP) is 2.42. The highest BCUT2D eigenvalue weighted by Gasteiger charge is 2.32. The lowest BCUT2D eigenvalue weighted by Gasteiger charge is -2.42. The van der Waals surface area contributed by atoms with E-state index < -0.39 is 17.5 Å². The fourth-order valence-corrected chi connectivity index (χ4v) is 3.79. The number of nitrogens with one attached hydrogen (secondary N) is 2. The van der Waals surface area contributed by atoms with E-state index in [1.165, 1.54) is 6.07 Å². The first-order valence-corrected chi connectivity index (χ1v) is 9.64. The first kappa shape index (κ1) is 19.8. The zero-order chi connectivity index (χ0) is 20.6. The lowest BCUT2D eigenvalue weighted by atomic mass is 10.0. The van der Waals surface area contributed by atoms with Gasteiger partial charge in [-0.25, -0.2) is 4.98 Å². The van der Waals surface area contributed by atoms with Crippen LogP contribution < -0.4 is 10.6 Å². The number of hydrogen-bond acceptors (Lipinski definition) is 7. The van der Waals surface area contributed by atoms with E-state index in [0.29, 0.717) is 23.8 Å². The van der Waals surface area contributed by atoms with Gasteiger partial charge in [-0.2, -0.15) is 13.2 Å². The van der Waals surface area contributed by atoms with Crippen LogP contribution in [0.4, 0.5) is 19.1 Å². The lowest BCUT2D eigenvalue weighted by Crippen LogP contribution is -2.60. The van der Waals surface area contributed by atoms with Gasteiger partial charge in [0.2, 0.25) is 5.95 Å². The van der Waals surface area contributed by atoms with Gasteiger partial charge in [0.25, 0.3) is 0 Å². The molecule has 1 atom stereocenters. The van der Waals surface area contributed by atoms with Crippen LogP contribution in [0.3, 0.4) is 0 Å². The number of phenols is 1. The molecule has 4 rings (SSSR count). The molecule has 3 heterocycles. The summed E-state index contributed by atoms with van der Waals surface area (Å²) in [6.07, 6.45) is -2.41. The van der Waals surface area contributed by atoms with Crippen LogP contribution in [0.2, 0.25) is 0 Å². The average molecular weight is 408 g/mol. The van der Waals surface area contributed by atoms with Crippen LogP contribution in [0.5, 0.6) is 5.75 Å². The number of hydrogen-bond donors (Lipinski definition) is 3. The number of piperidine rings is 1. The van der Waals surface area contributed by atoms with Crippen molar-refractivity contribution < 1.29 is 18.3 Å². The average Bonchev–Trinajstić information content (AvgIpc) is 2.60. The minimum atomic E-state index is -4.52. The second-order valence-corrected chi connectivity index (χ2v) is 7.59. The van der Waals surface area contributed by atoms with Gasteiger partial charge in [-0.3, -0.25) is 4.90 Å². The van der Waals surface area contributed by atoms with Crippen molar-refractivity contribution >= 4 is 5.95 Å². The predicted molar refractivity (Wildman–Crippen MR) is 102 cm³/mol. The molecule has 7 nitrogen and oxygen atoms in total. The first-order chi connectivity index (χ1) is 13.8. The maximum Gasteiger partial charge on any atom is 0.416 e. The van der Waals surface area contributed by atoms with Crippen molar-refractivity contribution in [3.05, 3.63) is 29.5 Å². The van der Waals surface area contributed by atoms with Gasteiger partial charge >= 0.3 is 6.18 Å². The number of aryl methyl sites for hydroxylation is 1. The van der Waals surface area contributed by atoms with E-state index in [4.69, 9.17) is 0 Å². The summed E-state index contributed by atoms with van der Waals surface area (Å²) in [6.45, 7) is 5.74. The van der Waals surface area contributed by atoms with Gasteiger partial charge in [-0.05, 0) is 44.5 Å². The zero-order valence-corrected chi connectivity index (χ0v) is 16.0. The number of halogens is 3. The summed E-state index contributed by atoms with van der Waals surface area (Å²) in [5.74, 6) is -0.118. The Morgan fingerprint density at radius 1 is 1.24 bits per heavy atom. The summed E-state index contributed by atoms with van der Waals surface area (Å²) in [5.41, 5.74) is -0.0106. The van der Waals surface area contributed by atoms with Crippen LogP contribution >= 0.6 is 0 Å². The standard InChI is InChI=1S/C19H23F3N6O/c1-11-17(15-5-4-12(7-16(15)29)19(20,21)22)26-27-18(24-11)25-13-3-2-6-28(10-13)14-8-23-9-14/h4-5,7,13-14,23,29H,2-3,6,8-10H2,1H3,(H,24,25,27)/t13-/m1/s1. The molecule has 10 heteroatoms. The topological polar surface area (TPSA) is 86.2 Å². The molecule has 0 radical (unpaired) electrons. The molecule has 29 heavy (non-hydrogen) atoms. The highest BCUT2D eigenvalue weighted by atomic mass is 19.4. The Bertz CT molecular complexity index is 887. The number of aromatic hydroxyl groups is 1. The SMILES string of the molecule is Cc1nc(N[C@@H]2CCCN(C3CNC3)C2)nnc1-c1ccc(C(F)(F)F)cc1O. The van der Waals surface area contributed by atoms with Crippen molar-refractivity contribution in [2.24, 2.45) is 0 Å². The van der Waals surface area contributed by atoms with Crippen molar-refractivity contribution in [2.45, 2.75) is 38.0 Å². The third kappa shape index (κ3) is 4.27. The van der Waals surface area contributed by atoms with E-state index in [9.17, 15) is 18.3 Å². The molecule has 156 valence electrons. The van der Waals surface area contributed by atoms with Crippen LogP contribution in [-0.2, 0) is 6.18 Å². The Kier molecular flexibility index (Phi) is 5.30. The fourth-order valence-electron chi connectivity index (χ4n) is 3.79. The van der Waals surface area contributed by atoms with Gasteiger partial charge in [-0.1, -0.05) is 0 Å². The Morgan fingerprint density at radius 3 is 2.66 bits per heavy atom. The highest BCUT2D eigenvalue weighted by molar-refractivity contribution is 5.69. The van der Waals surface area contributed by atoms with E-state index in [0.717, 1.165) is 45.1 Å². The molecule has 2 aliphatic rings. The quantitative estimate of drug-likeness (QED) is 0.716. The van der Waals surface area contributed by atoms with Crippen LogP contribution in [0, 0.1) is 6.92 Å². The number of rotatable bonds is 4. The number of benzene rings is 1. The molecule has 0 unspecified atom stereocenters. The van der Waals surface area contributed by atoms with Gasteiger partial charge in [0.1, 0.15) is 11.4 Å². The Labute approximate surface area is 166 Å². The van der Waals surface area contributed by atoms with Gasteiger partial charge in [0.05, 0.1) is 11.3 Å². The minimum Gasteiger partial charge on any atom is -0.507 e. The molecule has 0 amide bonds. The number of likely N-dealkylation sites (tertiary alicyclic amines) is 1. The lowest BCUT2D eigenvalue weighted by molar-refractivity contribution is -0.137. The smallest absolute Gasteiger partial charge is 0.416 e. The normalized spacial score (nSPS) is 21.0. The molecule has 0 spiro atoms. The van der Waals surface area contributed by atoms with E-state index in [1.54, 1.807) is 6.92 Å². The number of anilines is 1. The molecular weight excluding hydrogens is 385 g/mol. The van der Waals surface area contributed by atoms with E-state index in [-0.39, 0.29) is 17.3 Å². The van der Waals surface area contributed by atoms with Crippen LogP contribution in [0.1, 0.15) is 24.1 Å². The molecule has 1 aromatic heterocycles.